The summed E-state index contributed by atoms with van der Waals surface area (Å²) < 4.78 is 5.63. The van der Waals surface area contributed by atoms with Crippen LogP contribution in [0.3, 0.4) is 0 Å². The molecule has 120 valence electrons. The highest BCUT2D eigenvalue weighted by Gasteiger charge is 2.12. The second-order valence-corrected chi connectivity index (χ2v) is 5.74. The van der Waals surface area contributed by atoms with Gasteiger partial charge in [-0.1, -0.05) is 29.8 Å². The van der Waals surface area contributed by atoms with Gasteiger partial charge in [0.2, 0.25) is 0 Å². The summed E-state index contributed by atoms with van der Waals surface area (Å²) in [5.41, 5.74) is 3.98. The summed E-state index contributed by atoms with van der Waals surface area (Å²) in [5, 5.41) is 20.5. The minimum Gasteiger partial charge on any atom is -0.460 e. The van der Waals surface area contributed by atoms with Gasteiger partial charge >= 0.3 is 0 Å². The average Bonchev–Trinajstić information content (AvgIpc) is 3.16. The number of H-pyrrole nitrogens is 1. The van der Waals surface area contributed by atoms with Gasteiger partial charge in [0.05, 0.1) is 12.3 Å². The van der Waals surface area contributed by atoms with Crippen molar-refractivity contribution in [2.45, 2.75) is 26.5 Å². The Morgan fingerprint density at radius 3 is 2.65 bits per heavy atom. The van der Waals surface area contributed by atoms with E-state index in [0.717, 1.165) is 28.3 Å². The van der Waals surface area contributed by atoms with Crippen LogP contribution in [0, 0.1) is 13.8 Å². The first kappa shape index (κ1) is 15.5. The number of benzene rings is 1. The molecule has 0 bridgehead atoms. The van der Waals surface area contributed by atoms with Crippen molar-refractivity contribution in [3.8, 4) is 11.5 Å². The molecule has 3 rings (SSSR count). The molecule has 5 heteroatoms. The Morgan fingerprint density at radius 2 is 1.96 bits per heavy atom. The monoisotopic (exact) mass is 311 g/mol. The Kier molecular flexibility index (Phi) is 4.60. The number of aromatic amines is 1. The zero-order valence-corrected chi connectivity index (χ0v) is 13.3. The number of nitrogens with zero attached hydrogens (tertiary/aromatic N) is 1. The van der Waals surface area contributed by atoms with E-state index < -0.39 is 6.10 Å². The molecule has 2 aromatic heterocycles. The Labute approximate surface area is 135 Å². The molecule has 0 radical (unpaired) electrons. The van der Waals surface area contributed by atoms with Gasteiger partial charge in [-0.3, -0.25) is 5.10 Å². The molecule has 0 aliphatic carbocycles. The summed E-state index contributed by atoms with van der Waals surface area (Å²) in [6.45, 7) is 5.03. The molecule has 3 N–H and O–H groups in total. The number of aryl methyl sites for hydroxylation is 2. The highest BCUT2D eigenvalue weighted by molar-refractivity contribution is 5.56. The van der Waals surface area contributed by atoms with Gasteiger partial charge in [0.25, 0.3) is 0 Å². The fourth-order valence-electron chi connectivity index (χ4n) is 2.48. The van der Waals surface area contributed by atoms with Crippen molar-refractivity contribution in [2.24, 2.45) is 0 Å². The van der Waals surface area contributed by atoms with Gasteiger partial charge in [-0.15, -0.1) is 0 Å². The summed E-state index contributed by atoms with van der Waals surface area (Å²) >= 11 is 0. The lowest BCUT2D eigenvalue weighted by molar-refractivity contribution is 0.174. The predicted octanol–water partition coefficient (Wildman–Crippen LogP) is 3.11. The SMILES string of the molecule is Cc1ccc(C(O)CNCc2cn[nH]c2-c2ccc(C)o2)cc1. The lowest BCUT2D eigenvalue weighted by atomic mass is 10.1. The van der Waals surface area contributed by atoms with Crippen molar-refractivity contribution < 1.29 is 9.52 Å². The lowest BCUT2D eigenvalue weighted by Crippen LogP contribution is -2.21. The Morgan fingerprint density at radius 1 is 1.17 bits per heavy atom. The second-order valence-electron chi connectivity index (χ2n) is 5.74. The fourth-order valence-corrected chi connectivity index (χ4v) is 2.48. The number of hydrogen-bond donors (Lipinski definition) is 3. The molecule has 2 heterocycles. The van der Waals surface area contributed by atoms with Crippen molar-refractivity contribution in [1.82, 2.24) is 15.5 Å². The van der Waals surface area contributed by atoms with Crippen LogP contribution >= 0.6 is 0 Å². The van der Waals surface area contributed by atoms with Gasteiger partial charge < -0.3 is 14.8 Å². The molecule has 1 atom stereocenters. The van der Waals surface area contributed by atoms with Gasteiger partial charge in [-0.25, -0.2) is 0 Å². The van der Waals surface area contributed by atoms with Crippen molar-refractivity contribution in [3.63, 3.8) is 0 Å². The topological polar surface area (TPSA) is 74.1 Å². The minimum absolute atomic E-state index is 0.477. The van der Waals surface area contributed by atoms with Crippen LogP contribution in [-0.4, -0.2) is 21.8 Å². The first-order chi connectivity index (χ1) is 11.1. The Balaban J connectivity index is 1.59. The third-order valence-electron chi connectivity index (χ3n) is 3.82. The molecule has 23 heavy (non-hydrogen) atoms. The second kappa shape index (κ2) is 6.81. The lowest BCUT2D eigenvalue weighted by Gasteiger charge is -2.12. The molecular formula is C18H21N3O2. The third kappa shape index (κ3) is 3.70. The quantitative estimate of drug-likeness (QED) is 0.654. The standard InChI is InChI=1S/C18H21N3O2/c1-12-3-6-14(7-4-12)16(22)11-19-9-15-10-20-21-18(15)17-8-5-13(2)23-17/h3-8,10,16,19,22H,9,11H2,1-2H3,(H,20,21). The van der Waals surface area contributed by atoms with E-state index in [2.05, 4.69) is 15.5 Å². The van der Waals surface area contributed by atoms with Crippen molar-refractivity contribution >= 4 is 0 Å². The first-order valence-electron chi connectivity index (χ1n) is 7.68. The van der Waals surface area contributed by atoms with E-state index in [9.17, 15) is 5.11 Å². The van der Waals surface area contributed by atoms with Gasteiger partial charge in [-0.05, 0) is 31.5 Å². The maximum atomic E-state index is 10.2. The van der Waals surface area contributed by atoms with E-state index in [4.69, 9.17) is 4.42 Å². The number of aliphatic hydroxyl groups excluding tert-OH is 1. The number of rotatable bonds is 6. The maximum absolute atomic E-state index is 10.2. The fraction of sp³-hybridized carbons (Fsp3) is 0.278. The zero-order chi connectivity index (χ0) is 16.2. The largest absolute Gasteiger partial charge is 0.460 e. The highest BCUT2D eigenvalue weighted by Crippen LogP contribution is 2.23. The van der Waals surface area contributed by atoms with Crippen LogP contribution in [0.5, 0.6) is 0 Å². The van der Waals surface area contributed by atoms with Crippen molar-refractivity contribution in [1.29, 1.82) is 0 Å². The Hall–Kier alpha value is -2.37. The summed E-state index contributed by atoms with van der Waals surface area (Å²) in [7, 11) is 0. The van der Waals surface area contributed by atoms with Crippen LogP contribution in [0.25, 0.3) is 11.5 Å². The number of nitrogens with one attached hydrogen (secondary N) is 2. The molecule has 3 aromatic rings. The first-order valence-corrected chi connectivity index (χ1v) is 7.68. The normalized spacial score (nSPS) is 12.5. The molecule has 0 saturated heterocycles. The van der Waals surface area contributed by atoms with Gasteiger partial charge in [-0.2, -0.15) is 5.10 Å². The predicted molar refractivity (Wildman–Crippen MR) is 88.9 cm³/mol. The third-order valence-corrected chi connectivity index (χ3v) is 3.82. The van der Waals surface area contributed by atoms with Gasteiger partial charge in [0, 0.05) is 18.7 Å². The van der Waals surface area contributed by atoms with Gasteiger partial charge in [0.15, 0.2) is 5.76 Å². The molecule has 0 amide bonds. The molecule has 1 aromatic carbocycles. The van der Waals surface area contributed by atoms with Crippen molar-refractivity contribution in [2.75, 3.05) is 6.54 Å². The zero-order valence-electron chi connectivity index (χ0n) is 13.3. The molecule has 1 unspecified atom stereocenters. The van der Waals surface area contributed by atoms with E-state index >= 15 is 0 Å². The van der Waals surface area contributed by atoms with Crippen molar-refractivity contribution in [3.05, 3.63) is 65.0 Å². The molecule has 0 aliphatic heterocycles. The van der Waals surface area contributed by atoms with Crippen LogP contribution in [0.15, 0.2) is 47.0 Å². The smallest absolute Gasteiger partial charge is 0.152 e. The molecule has 0 fully saturated rings. The number of aliphatic hydroxyl groups is 1. The summed E-state index contributed by atoms with van der Waals surface area (Å²) in [5.74, 6) is 1.64. The highest BCUT2D eigenvalue weighted by atomic mass is 16.3. The van der Waals surface area contributed by atoms with Gasteiger partial charge in [0.1, 0.15) is 11.5 Å². The molecule has 0 spiro atoms. The molecule has 5 nitrogen and oxygen atoms in total. The minimum atomic E-state index is -0.531. The van der Waals surface area contributed by atoms with E-state index in [-0.39, 0.29) is 0 Å². The summed E-state index contributed by atoms with van der Waals surface area (Å²) in [6.07, 6.45) is 1.25. The Bertz CT molecular complexity index is 759. The van der Waals surface area contributed by atoms with Crippen LogP contribution < -0.4 is 5.32 Å². The molecule has 0 aliphatic rings. The van der Waals surface area contributed by atoms with Crippen LogP contribution in [0.2, 0.25) is 0 Å². The molecule has 0 saturated carbocycles. The maximum Gasteiger partial charge on any atom is 0.152 e. The number of hydrogen-bond acceptors (Lipinski definition) is 4. The van der Waals surface area contributed by atoms with E-state index in [1.807, 2.05) is 50.2 Å². The van der Waals surface area contributed by atoms with E-state index in [0.29, 0.717) is 13.1 Å². The average molecular weight is 311 g/mol. The van der Waals surface area contributed by atoms with Crippen LogP contribution in [0.4, 0.5) is 0 Å². The number of aromatic nitrogens is 2. The van der Waals surface area contributed by atoms with E-state index in [1.54, 1.807) is 6.20 Å². The summed E-state index contributed by atoms with van der Waals surface area (Å²) in [6, 6.07) is 11.8. The summed E-state index contributed by atoms with van der Waals surface area (Å²) in [4.78, 5) is 0. The molecular weight excluding hydrogens is 290 g/mol. The van der Waals surface area contributed by atoms with Crippen LogP contribution in [-0.2, 0) is 6.54 Å². The number of furan rings is 1. The van der Waals surface area contributed by atoms with E-state index in [1.165, 1.54) is 5.56 Å². The van der Waals surface area contributed by atoms with Crippen LogP contribution in [0.1, 0.15) is 28.6 Å².